The molecule has 1 atom stereocenters. The minimum absolute atomic E-state index is 0.146. The Bertz CT molecular complexity index is 488. The van der Waals surface area contributed by atoms with Crippen LogP contribution in [0.5, 0.6) is 0 Å². The molecule has 5 nitrogen and oxygen atoms in total. The molecule has 106 valence electrons. The third-order valence-corrected chi connectivity index (χ3v) is 3.84. The maximum atomic E-state index is 12.1. The molecule has 1 aromatic rings. The van der Waals surface area contributed by atoms with Gasteiger partial charge in [-0.1, -0.05) is 24.9 Å². The molecule has 0 saturated carbocycles. The number of hydrogen-bond acceptors (Lipinski definition) is 4. The summed E-state index contributed by atoms with van der Waals surface area (Å²) in [6.07, 6.45) is 5.69. The standard InChI is InChI=1S/C13H21ClN4O/c1-2-3-7-18-13(19)12(14)11(8-16-18)17-6-4-5-10(15)9-17/h8,10H,2-7,9,15H2,1H3/t10-/m1/s1. The number of unbranched alkanes of at least 4 members (excludes halogenated alkanes) is 1. The molecule has 0 unspecified atom stereocenters. The van der Waals surface area contributed by atoms with Crippen molar-refractivity contribution < 1.29 is 0 Å². The number of aromatic nitrogens is 2. The average Bonchev–Trinajstić information content (AvgIpc) is 2.40. The van der Waals surface area contributed by atoms with E-state index in [0.29, 0.717) is 6.54 Å². The Morgan fingerprint density at radius 3 is 3.05 bits per heavy atom. The van der Waals surface area contributed by atoms with Crippen molar-refractivity contribution in [3.63, 3.8) is 0 Å². The van der Waals surface area contributed by atoms with E-state index in [9.17, 15) is 4.79 Å². The number of aryl methyl sites for hydroxylation is 1. The second-order valence-electron chi connectivity index (χ2n) is 5.07. The molecule has 1 aliphatic rings. The highest BCUT2D eigenvalue weighted by Gasteiger charge is 2.21. The molecule has 2 rings (SSSR count). The first kappa shape index (κ1) is 14.3. The minimum atomic E-state index is -0.202. The van der Waals surface area contributed by atoms with Crippen molar-refractivity contribution >= 4 is 17.3 Å². The molecular formula is C13H21ClN4O. The molecule has 0 aliphatic carbocycles. The summed E-state index contributed by atoms with van der Waals surface area (Å²) < 4.78 is 1.44. The van der Waals surface area contributed by atoms with Crippen molar-refractivity contribution in [1.82, 2.24) is 9.78 Å². The van der Waals surface area contributed by atoms with Gasteiger partial charge in [0.2, 0.25) is 0 Å². The van der Waals surface area contributed by atoms with Gasteiger partial charge in [0, 0.05) is 25.7 Å². The third-order valence-electron chi connectivity index (χ3n) is 3.49. The molecule has 1 aromatic heterocycles. The molecule has 0 radical (unpaired) electrons. The van der Waals surface area contributed by atoms with E-state index in [0.717, 1.165) is 44.5 Å². The monoisotopic (exact) mass is 284 g/mol. The molecule has 2 N–H and O–H groups in total. The van der Waals surface area contributed by atoms with Crippen molar-refractivity contribution in [1.29, 1.82) is 0 Å². The maximum absolute atomic E-state index is 12.1. The van der Waals surface area contributed by atoms with E-state index >= 15 is 0 Å². The Kier molecular flexibility index (Phi) is 4.82. The van der Waals surface area contributed by atoms with Crippen LogP contribution in [-0.2, 0) is 6.54 Å². The van der Waals surface area contributed by atoms with Crippen molar-refractivity contribution in [2.45, 2.75) is 45.2 Å². The first-order valence-electron chi connectivity index (χ1n) is 6.89. The van der Waals surface area contributed by atoms with Gasteiger partial charge in [0.1, 0.15) is 5.02 Å². The zero-order chi connectivity index (χ0) is 13.8. The van der Waals surface area contributed by atoms with Crippen LogP contribution < -0.4 is 16.2 Å². The second-order valence-corrected chi connectivity index (χ2v) is 5.45. The Labute approximate surface area is 118 Å². The molecule has 1 aliphatic heterocycles. The van der Waals surface area contributed by atoms with Crippen molar-refractivity contribution in [2.24, 2.45) is 5.73 Å². The summed E-state index contributed by atoms with van der Waals surface area (Å²) in [5.74, 6) is 0. The van der Waals surface area contributed by atoms with Gasteiger partial charge in [-0.15, -0.1) is 0 Å². The van der Waals surface area contributed by atoms with E-state index in [4.69, 9.17) is 17.3 Å². The smallest absolute Gasteiger partial charge is 0.287 e. The number of piperidine rings is 1. The van der Waals surface area contributed by atoms with Gasteiger partial charge in [0.25, 0.3) is 5.56 Å². The highest BCUT2D eigenvalue weighted by Crippen LogP contribution is 2.24. The third kappa shape index (κ3) is 3.28. The number of nitrogens with two attached hydrogens (primary N) is 1. The Morgan fingerprint density at radius 2 is 2.37 bits per heavy atom. The van der Waals surface area contributed by atoms with E-state index < -0.39 is 0 Å². The van der Waals surface area contributed by atoms with Crippen LogP contribution in [0.15, 0.2) is 11.0 Å². The zero-order valence-corrected chi connectivity index (χ0v) is 12.1. The van der Waals surface area contributed by atoms with Crippen LogP contribution in [0.25, 0.3) is 0 Å². The van der Waals surface area contributed by atoms with Gasteiger partial charge in [-0.3, -0.25) is 4.79 Å². The molecule has 19 heavy (non-hydrogen) atoms. The first-order chi connectivity index (χ1) is 9.13. The van der Waals surface area contributed by atoms with E-state index in [1.807, 2.05) is 0 Å². The largest absolute Gasteiger partial charge is 0.367 e. The highest BCUT2D eigenvalue weighted by atomic mass is 35.5. The van der Waals surface area contributed by atoms with Crippen molar-refractivity contribution in [2.75, 3.05) is 18.0 Å². The fourth-order valence-electron chi connectivity index (χ4n) is 2.37. The molecule has 1 saturated heterocycles. The van der Waals surface area contributed by atoms with Gasteiger partial charge in [0.15, 0.2) is 0 Å². The summed E-state index contributed by atoms with van der Waals surface area (Å²) in [7, 11) is 0. The maximum Gasteiger partial charge on any atom is 0.287 e. The van der Waals surface area contributed by atoms with Crippen LogP contribution in [0.1, 0.15) is 32.6 Å². The summed E-state index contributed by atoms with van der Waals surface area (Å²) >= 11 is 6.20. The second kappa shape index (κ2) is 6.39. The van der Waals surface area contributed by atoms with Gasteiger partial charge in [-0.25, -0.2) is 4.68 Å². The predicted molar refractivity (Wildman–Crippen MR) is 77.8 cm³/mol. The lowest BCUT2D eigenvalue weighted by Crippen LogP contribution is -2.43. The van der Waals surface area contributed by atoms with Gasteiger partial charge >= 0.3 is 0 Å². The minimum Gasteiger partial charge on any atom is -0.367 e. The Morgan fingerprint density at radius 1 is 1.58 bits per heavy atom. The number of rotatable bonds is 4. The molecule has 0 spiro atoms. The van der Waals surface area contributed by atoms with Crippen molar-refractivity contribution in [3.8, 4) is 0 Å². The van der Waals surface area contributed by atoms with Crippen LogP contribution in [0, 0.1) is 0 Å². The van der Waals surface area contributed by atoms with Crippen LogP contribution in [0.3, 0.4) is 0 Å². The summed E-state index contributed by atoms with van der Waals surface area (Å²) in [6.45, 7) is 4.32. The van der Waals surface area contributed by atoms with Gasteiger partial charge in [-0.05, 0) is 19.3 Å². The summed E-state index contributed by atoms with van der Waals surface area (Å²) in [5.41, 5.74) is 6.47. The number of nitrogens with zero attached hydrogens (tertiary/aromatic N) is 3. The number of hydrogen-bond donors (Lipinski definition) is 1. The molecule has 0 bridgehead atoms. The van der Waals surface area contributed by atoms with E-state index in [2.05, 4.69) is 16.9 Å². The Balaban J connectivity index is 2.22. The topological polar surface area (TPSA) is 64.2 Å². The fraction of sp³-hybridized carbons (Fsp3) is 0.692. The molecule has 0 amide bonds. The SMILES string of the molecule is CCCCn1ncc(N2CCC[C@@H](N)C2)c(Cl)c1=O. The lowest BCUT2D eigenvalue weighted by atomic mass is 10.1. The van der Waals surface area contributed by atoms with E-state index in [-0.39, 0.29) is 16.6 Å². The molecule has 0 aromatic carbocycles. The summed E-state index contributed by atoms with van der Waals surface area (Å²) in [5, 5.41) is 4.48. The van der Waals surface area contributed by atoms with Crippen LogP contribution in [0.2, 0.25) is 5.02 Å². The molecule has 2 heterocycles. The summed E-state index contributed by atoms with van der Waals surface area (Å²) in [4.78, 5) is 14.2. The van der Waals surface area contributed by atoms with Gasteiger partial charge < -0.3 is 10.6 Å². The lowest BCUT2D eigenvalue weighted by Gasteiger charge is -2.32. The molecule has 1 fully saturated rings. The van der Waals surface area contributed by atoms with Crippen molar-refractivity contribution in [3.05, 3.63) is 21.6 Å². The first-order valence-corrected chi connectivity index (χ1v) is 7.27. The quantitative estimate of drug-likeness (QED) is 0.913. The van der Waals surface area contributed by atoms with Crippen LogP contribution in [-0.4, -0.2) is 28.9 Å². The zero-order valence-electron chi connectivity index (χ0n) is 11.3. The normalized spacial score (nSPS) is 19.7. The van der Waals surface area contributed by atoms with Crippen LogP contribution >= 0.6 is 11.6 Å². The van der Waals surface area contributed by atoms with E-state index in [1.165, 1.54) is 4.68 Å². The van der Waals surface area contributed by atoms with Crippen LogP contribution in [0.4, 0.5) is 5.69 Å². The number of halogens is 1. The number of anilines is 1. The highest BCUT2D eigenvalue weighted by molar-refractivity contribution is 6.33. The fourth-order valence-corrected chi connectivity index (χ4v) is 2.64. The lowest BCUT2D eigenvalue weighted by molar-refractivity contribution is 0.501. The molecule has 6 heteroatoms. The van der Waals surface area contributed by atoms with Gasteiger partial charge in [-0.2, -0.15) is 5.10 Å². The van der Waals surface area contributed by atoms with Gasteiger partial charge in [0.05, 0.1) is 11.9 Å². The summed E-state index contributed by atoms with van der Waals surface area (Å²) in [6, 6.07) is 0.146. The Hall–Kier alpha value is -1.07. The molecular weight excluding hydrogens is 264 g/mol. The average molecular weight is 285 g/mol. The van der Waals surface area contributed by atoms with E-state index in [1.54, 1.807) is 6.20 Å². The predicted octanol–water partition coefficient (Wildman–Crippen LogP) is 1.62.